The van der Waals surface area contributed by atoms with Crippen LogP contribution in [0.15, 0.2) is 42.6 Å². The van der Waals surface area contributed by atoms with E-state index in [9.17, 15) is 4.39 Å². The third kappa shape index (κ3) is 1.87. The summed E-state index contributed by atoms with van der Waals surface area (Å²) < 4.78 is 13.5. The fourth-order valence-electron chi connectivity index (χ4n) is 1.49. The number of hydrogen-bond acceptors (Lipinski definition) is 2. The van der Waals surface area contributed by atoms with Crippen LogP contribution in [0.1, 0.15) is 5.56 Å². The zero-order chi connectivity index (χ0) is 10.7. The number of nitrogens with zero attached hydrogens (tertiary/aromatic N) is 1. The minimum Gasteiger partial charge on any atom is -0.392 e. The van der Waals surface area contributed by atoms with Crippen molar-refractivity contribution in [2.75, 3.05) is 6.61 Å². The number of rotatable bonds is 2. The van der Waals surface area contributed by atoms with Gasteiger partial charge in [-0.15, -0.1) is 0 Å². The number of aliphatic hydroxyl groups is 1. The summed E-state index contributed by atoms with van der Waals surface area (Å²) in [6, 6.07) is 8.97. The van der Waals surface area contributed by atoms with E-state index in [0.717, 1.165) is 11.5 Å². The molecule has 3 heteroatoms. The molecule has 0 amide bonds. The zero-order valence-corrected chi connectivity index (χ0v) is 8.02. The molecule has 0 aliphatic carbocycles. The van der Waals surface area contributed by atoms with Crippen molar-refractivity contribution < 1.29 is 9.50 Å². The highest BCUT2D eigenvalue weighted by molar-refractivity contribution is 5.89. The van der Waals surface area contributed by atoms with Gasteiger partial charge in [0.2, 0.25) is 0 Å². The van der Waals surface area contributed by atoms with Gasteiger partial charge in [0.25, 0.3) is 0 Å². The van der Waals surface area contributed by atoms with E-state index in [4.69, 9.17) is 5.11 Å². The molecule has 1 aromatic carbocycles. The Kier molecular flexibility index (Phi) is 2.74. The average molecular weight is 203 g/mol. The van der Waals surface area contributed by atoms with Gasteiger partial charge < -0.3 is 5.11 Å². The molecule has 2 rings (SSSR count). The first-order chi connectivity index (χ1) is 7.33. The summed E-state index contributed by atoms with van der Waals surface area (Å²) >= 11 is 0. The molecule has 1 aromatic heterocycles. The van der Waals surface area contributed by atoms with E-state index < -0.39 is 5.83 Å². The third-order valence-corrected chi connectivity index (χ3v) is 2.16. The van der Waals surface area contributed by atoms with E-state index in [2.05, 4.69) is 4.98 Å². The van der Waals surface area contributed by atoms with Gasteiger partial charge in [-0.1, -0.05) is 18.2 Å². The van der Waals surface area contributed by atoms with E-state index in [1.54, 1.807) is 24.4 Å². The number of benzene rings is 1. The number of pyridine rings is 1. The number of aliphatic hydroxyl groups excluding tert-OH is 1. The van der Waals surface area contributed by atoms with Gasteiger partial charge in [0.1, 0.15) is 5.83 Å². The first-order valence-corrected chi connectivity index (χ1v) is 4.63. The van der Waals surface area contributed by atoms with Crippen LogP contribution < -0.4 is 0 Å². The van der Waals surface area contributed by atoms with Crippen molar-refractivity contribution in [3.8, 4) is 0 Å². The molecule has 0 atom stereocenters. The van der Waals surface area contributed by atoms with Crippen molar-refractivity contribution in [3.63, 3.8) is 0 Å². The SMILES string of the molecule is OC/C=C(\F)c1cccc2cccnc12. The average Bonchev–Trinajstić information content (AvgIpc) is 2.28. The predicted molar refractivity (Wildman–Crippen MR) is 57.9 cm³/mol. The summed E-state index contributed by atoms with van der Waals surface area (Å²) in [5.41, 5.74) is 1.03. The Hall–Kier alpha value is -1.74. The van der Waals surface area contributed by atoms with E-state index >= 15 is 0 Å². The molecule has 2 aromatic rings. The minimum atomic E-state index is -0.443. The Labute approximate surface area is 86.7 Å². The van der Waals surface area contributed by atoms with Gasteiger partial charge in [0.15, 0.2) is 0 Å². The van der Waals surface area contributed by atoms with Gasteiger partial charge in [0.05, 0.1) is 12.1 Å². The van der Waals surface area contributed by atoms with Crippen molar-refractivity contribution >= 4 is 16.7 Å². The van der Waals surface area contributed by atoms with E-state index in [-0.39, 0.29) is 6.61 Å². The molecule has 0 fully saturated rings. The molecular weight excluding hydrogens is 193 g/mol. The maximum Gasteiger partial charge on any atom is 0.130 e. The van der Waals surface area contributed by atoms with E-state index in [1.807, 2.05) is 12.1 Å². The van der Waals surface area contributed by atoms with Crippen LogP contribution in [-0.2, 0) is 0 Å². The van der Waals surface area contributed by atoms with Crippen molar-refractivity contribution in [2.45, 2.75) is 0 Å². The zero-order valence-electron chi connectivity index (χ0n) is 8.02. The summed E-state index contributed by atoms with van der Waals surface area (Å²) in [6.07, 6.45) is 2.75. The van der Waals surface area contributed by atoms with E-state index in [1.165, 1.54) is 0 Å². The van der Waals surface area contributed by atoms with Gasteiger partial charge in [-0.05, 0) is 18.2 Å². The summed E-state index contributed by atoms with van der Waals surface area (Å²) in [7, 11) is 0. The normalized spacial score (nSPS) is 12.0. The standard InChI is InChI=1S/C12H10FNO/c13-11(6-8-15)10-5-1-3-9-4-2-7-14-12(9)10/h1-7,15H,8H2/b11-6-. The molecule has 2 nitrogen and oxygen atoms in total. The lowest BCUT2D eigenvalue weighted by molar-refractivity contribution is 0.342. The van der Waals surface area contributed by atoms with Crippen LogP contribution >= 0.6 is 0 Å². The van der Waals surface area contributed by atoms with Crippen molar-refractivity contribution in [1.29, 1.82) is 0 Å². The van der Waals surface area contributed by atoms with Crippen molar-refractivity contribution in [3.05, 3.63) is 48.2 Å². The van der Waals surface area contributed by atoms with Gasteiger partial charge >= 0.3 is 0 Å². The van der Waals surface area contributed by atoms with Gasteiger partial charge in [-0.25, -0.2) is 4.39 Å². The molecule has 1 N–H and O–H groups in total. The monoisotopic (exact) mass is 203 g/mol. The second-order valence-corrected chi connectivity index (χ2v) is 3.12. The number of para-hydroxylation sites is 1. The third-order valence-electron chi connectivity index (χ3n) is 2.16. The summed E-state index contributed by atoms with van der Waals surface area (Å²) in [6.45, 7) is -0.310. The van der Waals surface area contributed by atoms with E-state index in [0.29, 0.717) is 11.1 Å². The quantitative estimate of drug-likeness (QED) is 0.813. The fraction of sp³-hybridized carbons (Fsp3) is 0.0833. The lowest BCUT2D eigenvalue weighted by Gasteiger charge is -2.02. The van der Waals surface area contributed by atoms with Crippen LogP contribution in [0.25, 0.3) is 16.7 Å². The molecule has 0 saturated heterocycles. The second kappa shape index (κ2) is 4.19. The smallest absolute Gasteiger partial charge is 0.130 e. The first-order valence-electron chi connectivity index (χ1n) is 4.63. The first kappa shape index (κ1) is 9.80. The highest BCUT2D eigenvalue weighted by Gasteiger charge is 2.05. The number of aromatic nitrogens is 1. The summed E-state index contributed by atoms with van der Waals surface area (Å²) in [5.74, 6) is -0.443. The maximum absolute atomic E-state index is 13.5. The van der Waals surface area contributed by atoms with Crippen LogP contribution in [0, 0.1) is 0 Å². The highest BCUT2D eigenvalue weighted by atomic mass is 19.1. The minimum absolute atomic E-state index is 0.310. The lowest BCUT2D eigenvalue weighted by atomic mass is 10.1. The van der Waals surface area contributed by atoms with Gasteiger partial charge in [-0.2, -0.15) is 0 Å². The number of fused-ring (bicyclic) bond motifs is 1. The molecule has 0 unspecified atom stereocenters. The Morgan fingerprint density at radius 3 is 2.93 bits per heavy atom. The second-order valence-electron chi connectivity index (χ2n) is 3.12. The largest absolute Gasteiger partial charge is 0.392 e. The Balaban J connectivity index is 2.66. The van der Waals surface area contributed by atoms with Crippen molar-refractivity contribution in [1.82, 2.24) is 4.98 Å². The van der Waals surface area contributed by atoms with Crippen LogP contribution in [0.2, 0.25) is 0 Å². The highest BCUT2D eigenvalue weighted by Crippen LogP contribution is 2.23. The maximum atomic E-state index is 13.5. The molecule has 0 saturated carbocycles. The molecule has 76 valence electrons. The van der Waals surface area contributed by atoms with Crippen molar-refractivity contribution in [2.24, 2.45) is 0 Å². The van der Waals surface area contributed by atoms with Gasteiger partial charge in [0, 0.05) is 17.1 Å². The molecule has 0 radical (unpaired) electrons. The Morgan fingerprint density at radius 1 is 1.33 bits per heavy atom. The summed E-state index contributed by atoms with van der Waals surface area (Å²) in [4.78, 5) is 4.12. The van der Waals surface area contributed by atoms with Gasteiger partial charge in [-0.3, -0.25) is 4.98 Å². The van der Waals surface area contributed by atoms with Crippen LogP contribution in [-0.4, -0.2) is 16.7 Å². The lowest BCUT2D eigenvalue weighted by Crippen LogP contribution is -1.86. The summed E-state index contributed by atoms with van der Waals surface area (Å²) in [5, 5.41) is 9.52. The Bertz CT molecular complexity index is 502. The molecule has 0 aliphatic rings. The Morgan fingerprint density at radius 2 is 2.13 bits per heavy atom. The molecule has 1 heterocycles. The number of halogens is 1. The molecular formula is C12H10FNO. The van der Waals surface area contributed by atoms with Crippen LogP contribution in [0.3, 0.4) is 0 Å². The van der Waals surface area contributed by atoms with Crippen LogP contribution in [0.5, 0.6) is 0 Å². The molecule has 15 heavy (non-hydrogen) atoms. The molecule has 0 aliphatic heterocycles. The molecule has 0 bridgehead atoms. The number of hydrogen-bond donors (Lipinski definition) is 1. The molecule has 0 spiro atoms. The van der Waals surface area contributed by atoms with Crippen LogP contribution in [0.4, 0.5) is 4.39 Å². The fourth-order valence-corrected chi connectivity index (χ4v) is 1.49. The topological polar surface area (TPSA) is 33.1 Å². The predicted octanol–water partition coefficient (Wildman–Crippen LogP) is 2.54.